The van der Waals surface area contributed by atoms with Gasteiger partial charge >= 0.3 is 0 Å². The third-order valence-electron chi connectivity index (χ3n) is 3.42. The lowest BCUT2D eigenvalue weighted by Gasteiger charge is -2.30. The van der Waals surface area contributed by atoms with Gasteiger partial charge in [-0.25, -0.2) is 0 Å². The maximum atomic E-state index is 12.1. The van der Waals surface area contributed by atoms with Crippen LogP contribution in [0.25, 0.3) is 0 Å². The van der Waals surface area contributed by atoms with E-state index < -0.39 is 0 Å². The summed E-state index contributed by atoms with van der Waals surface area (Å²) in [5.41, 5.74) is 0.471. The van der Waals surface area contributed by atoms with E-state index in [1.165, 1.54) is 12.5 Å². The van der Waals surface area contributed by atoms with Gasteiger partial charge in [0, 0.05) is 13.1 Å². The van der Waals surface area contributed by atoms with Crippen molar-refractivity contribution in [3.63, 3.8) is 0 Å². The van der Waals surface area contributed by atoms with Crippen LogP contribution in [0.15, 0.2) is 18.2 Å². The molecule has 106 valence electrons. The Morgan fingerprint density at radius 1 is 1.60 bits per heavy atom. The number of piperidine rings is 1. The minimum Gasteiger partial charge on any atom is -0.482 e. The van der Waals surface area contributed by atoms with Crippen LogP contribution in [0.1, 0.15) is 25.3 Å². The van der Waals surface area contributed by atoms with Gasteiger partial charge in [0.2, 0.25) is 0 Å². The topological polar surface area (TPSA) is 53.3 Å². The minimum absolute atomic E-state index is 0.0155. The van der Waals surface area contributed by atoms with Crippen molar-refractivity contribution in [3.8, 4) is 11.8 Å². The van der Waals surface area contributed by atoms with Crippen molar-refractivity contribution in [1.29, 1.82) is 5.26 Å². The highest BCUT2D eigenvalue weighted by Gasteiger charge is 2.21. The molecule has 5 heteroatoms. The zero-order valence-corrected chi connectivity index (χ0v) is 12.2. The number of hydrogen-bond donors (Lipinski definition) is 0. The fraction of sp³-hybridized carbons (Fsp3) is 0.467. The molecule has 1 aromatic carbocycles. The number of nitrogens with zero attached hydrogens (tertiary/aromatic N) is 2. The average Bonchev–Trinajstić information content (AvgIpc) is 2.45. The third kappa shape index (κ3) is 3.64. The van der Waals surface area contributed by atoms with E-state index >= 15 is 0 Å². The molecule has 1 amide bonds. The predicted molar refractivity (Wildman–Crippen MR) is 76.6 cm³/mol. The second kappa shape index (κ2) is 6.62. The highest BCUT2D eigenvalue weighted by atomic mass is 35.5. The lowest BCUT2D eigenvalue weighted by atomic mass is 10.0. The molecule has 0 aliphatic carbocycles. The van der Waals surface area contributed by atoms with Gasteiger partial charge in [-0.3, -0.25) is 4.79 Å². The summed E-state index contributed by atoms with van der Waals surface area (Å²) >= 11 is 6.00. The Labute approximate surface area is 123 Å². The van der Waals surface area contributed by atoms with E-state index in [1.807, 2.05) is 11.0 Å². The molecular formula is C15H17ClN2O2. The smallest absolute Gasteiger partial charge is 0.260 e. The molecule has 0 bridgehead atoms. The van der Waals surface area contributed by atoms with Gasteiger partial charge in [-0.05, 0) is 37.0 Å². The van der Waals surface area contributed by atoms with Crippen molar-refractivity contribution in [1.82, 2.24) is 4.90 Å². The van der Waals surface area contributed by atoms with Crippen molar-refractivity contribution >= 4 is 17.5 Å². The molecule has 0 unspecified atom stereocenters. The number of amides is 1. The first-order valence-corrected chi connectivity index (χ1v) is 7.08. The number of ether oxygens (including phenoxy) is 1. The van der Waals surface area contributed by atoms with Crippen LogP contribution in [-0.4, -0.2) is 30.5 Å². The summed E-state index contributed by atoms with van der Waals surface area (Å²) in [6.45, 7) is 3.73. The lowest BCUT2D eigenvalue weighted by Crippen LogP contribution is -2.41. The van der Waals surface area contributed by atoms with Crippen LogP contribution in [0.2, 0.25) is 5.02 Å². The molecule has 1 fully saturated rings. The van der Waals surface area contributed by atoms with E-state index in [0.717, 1.165) is 19.5 Å². The molecule has 0 aromatic heterocycles. The molecule has 4 nitrogen and oxygen atoms in total. The molecule has 0 spiro atoms. The maximum absolute atomic E-state index is 12.1. The first-order valence-electron chi connectivity index (χ1n) is 6.70. The molecular weight excluding hydrogens is 276 g/mol. The molecule has 20 heavy (non-hydrogen) atoms. The Morgan fingerprint density at radius 3 is 3.05 bits per heavy atom. The van der Waals surface area contributed by atoms with E-state index in [4.69, 9.17) is 21.6 Å². The van der Waals surface area contributed by atoms with Crippen LogP contribution in [0.4, 0.5) is 0 Å². The zero-order chi connectivity index (χ0) is 14.5. The Hall–Kier alpha value is -1.73. The van der Waals surface area contributed by atoms with Gasteiger partial charge in [-0.1, -0.05) is 18.5 Å². The summed E-state index contributed by atoms with van der Waals surface area (Å²) in [6, 6.07) is 6.77. The van der Waals surface area contributed by atoms with Gasteiger partial charge in [-0.2, -0.15) is 5.26 Å². The molecule has 2 rings (SSSR count). The fourth-order valence-corrected chi connectivity index (χ4v) is 2.57. The van der Waals surface area contributed by atoms with Crippen LogP contribution in [0, 0.1) is 17.2 Å². The minimum atomic E-state index is -0.0167. The van der Waals surface area contributed by atoms with Crippen LogP contribution in [-0.2, 0) is 4.79 Å². The predicted octanol–water partition coefficient (Wildman–Crippen LogP) is 2.85. The van der Waals surface area contributed by atoms with Crippen LogP contribution in [0.5, 0.6) is 5.75 Å². The number of likely N-dealkylation sites (tertiary alicyclic amines) is 1. The zero-order valence-electron chi connectivity index (χ0n) is 11.4. The Morgan fingerprint density at radius 2 is 2.40 bits per heavy atom. The summed E-state index contributed by atoms with van der Waals surface area (Å²) in [5.74, 6) is 0.965. The van der Waals surface area contributed by atoms with E-state index in [9.17, 15) is 4.79 Å². The Bertz CT molecular complexity index is 539. The van der Waals surface area contributed by atoms with Crippen molar-refractivity contribution in [2.24, 2.45) is 5.92 Å². The monoisotopic (exact) mass is 292 g/mol. The second-order valence-corrected chi connectivity index (χ2v) is 5.54. The summed E-state index contributed by atoms with van der Waals surface area (Å²) in [5, 5.41) is 9.11. The Kier molecular flexibility index (Phi) is 4.86. The number of halogens is 1. The number of carbonyl (C=O) groups is 1. The lowest BCUT2D eigenvalue weighted by molar-refractivity contribution is -0.135. The molecule has 1 aliphatic heterocycles. The van der Waals surface area contributed by atoms with Gasteiger partial charge in [0.05, 0.1) is 16.7 Å². The molecule has 1 aliphatic rings. The number of hydrogen-bond acceptors (Lipinski definition) is 3. The summed E-state index contributed by atoms with van der Waals surface area (Å²) in [7, 11) is 0. The maximum Gasteiger partial charge on any atom is 0.260 e. The number of rotatable bonds is 3. The SMILES string of the molecule is C[C@H]1CCCN(C(=O)COc2ccc(C#N)cc2Cl)C1. The number of benzene rings is 1. The van der Waals surface area contributed by atoms with Gasteiger partial charge in [0.1, 0.15) is 5.75 Å². The van der Waals surface area contributed by atoms with E-state index in [0.29, 0.717) is 22.3 Å². The summed E-state index contributed by atoms with van der Waals surface area (Å²) < 4.78 is 5.45. The van der Waals surface area contributed by atoms with Crippen molar-refractivity contribution in [2.75, 3.05) is 19.7 Å². The largest absolute Gasteiger partial charge is 0.482 e. The second-order valence-electron chi connectivity index (χ2n) is 5.13. The molecule has 0 N–H and O–H groups in total. The Balaban J connectivity index is 1.92. The van der Waals surface area contributed by atoms with Crippen molar-refractivity contribution in [3.05, 3.63) is 28.8 Å². The molecule has 1 aromatic rings. The van der Waals surface area contributed by atoms with Crippen molar-refractivity contribution in [2.45, 2.75) is 19.8 Å². The quantitative estimate of drug-likeness (QED) is 0.861. The van der Waals surface area contributed by atoms with Gasteiger partial charge in [0.25, 0.3) is 5.91 Å². The average molecular weight is 293 g/mol. The standard InChI is InChI=1S/C15H17ClN2O2/c1-11-3-2-6-18(9-11)15(19)10-20-14-5-4-12(8-17)7-13(14)16/h4-5,7,11H,2-3,6,9-10H2,1H3/t11-/m0/s1. The molecule has 0 radical (unpaired) electrons. The molecule has 1 atom stereocenters. The summed E-state index contributed by atoms with van der Waals surface area (Å²) in [4.78, 5) is 13.9. The normalized spacial score (nSPS) is 18.4. The summed E-state index contributed by atoms with van der Waals surface area (Å²) in [6.07, 6.45) is 2.22. The van der Waals surface area contributed by atoms with Crippen LogP contribution >= 0.6 is 11.6 Å². The first-order chi connectivity index (χ1) is 9.60. The molecule has 0 saturated carbocycles. The van der Waals surface area contributed by atoms with Crippen molar-refractivity contribution < 1.29 is 9.53 Å². The highest BCUT2D eigenvalue weighted by molar-refractivity contribution is 6.32. The first kappa shape index (κ1) is 14.7. The number of nitriles is 1. The van der Waals surface area contributed by atoms with Gasteiger partial charge in [-0.15, -0.1) is 0 Å². The van der Waals surface area contributed by atoms with Crippen LogP contribution in [0.3, 0.4) is 0 Å². The van der Waals surface area contributed by atoms with Gasteiger partial charge < -0.3 is 9.64 Å². The highest BCUT2D eigenvalue weighted by Crippen LogP contribution is 2.25. The van der Waals surface area contributed by atoms with Crippen LogP contribution < -0.4 is 4.74 Å². The van der Waals surface area contributed by atoms with E-state index in [2.05, 4.69) is 6.92 Å². The van der Waals surface area contributed by atoms with E-state index in [-0.39, 0.29) is 12.5 Å². The molecule has 1 saturated heterocycles. The third-order valence-corrected chi connectivity index (χ3v) is 3.72. The van der Waals surface area contributed by atoms with E-state index in [1.54, 1.807) is 12.1 Å². The fourth-order valence-electron chi connectivity index (χ4n) is 2.33. The van der Waals surface area contributed by atoms with Gasteiger partial charge in [0.15, 0.2) is 6.61 Å². The number of carbonyl (C=O) groups excluding carboxylic acids is 1. The molecule has 1 heterocycles.